The Morgan fingerprint density at radius 3 is 3.00 bits per heavy atom. The standard InChI is InChI=1S/C12H15NO2/c1-8(14)5-9-7-13(2)12-4-3-10(15)6-11(9)12/h3-4,6,9,15H,5,7H2,1-2H3. The zero-order valence-electron chi connectivity index (χ0n) is 9.03. The summed E-state index contributed by atoms with van der Waals surface area (Å²) in [4.78, 5) is 13.2. The fourth-order valence-electron chi connectivity index (χ4n) is 2.27. The maximum Gasteiger partial charge on any atom is 0.130 e. The van der Waals surface area contributed by atoms with E-state index in [-0.39, 0.29) is 17.5 Å². The van der Waals surface area contributed by atoms with E-state index in [1.54, 1.807) is 19.1 Å². The van der Waals surface area contributed by atoms with E-state index < -0.39 is 0 Å². The van der Waals surface area contributed by atoms with E-state index in [2.05, 4.69) is 4.90 Å². The van der Waals surface area contributed by atoms with Gasteiger partial charge in [0, 0.05) is 31.6 Å². The number of anilines is 1. The number of likely N-dealkylation sites (N-methyl/N-ethyl adjacent to an activating group) is 1. The Morgan fingerprint density at radius 2 is 2.33 bits per heavy atom. The SMILES string of the molecule is CC(=O)CC1CN(C)c2ccc(O)cc21. The molecule has 1 aliphatic heterocycles. The molecule has 0 radical (unpaired) electrons. The topological polar surface area (TPSA) is 40.5 Å². The van der Waals surface area contributed by atoms with Gasteiger partial charge in [0.25, 0.3) is 0 Å². The summed E-state index contributed by atoms with van der Waals surface area (Å²) in [5.74, 6) is 0.705. The van der Waals surface area contributed by atoms with Crippen LogP contribution in [0.4, 0.5) is 5.69 Å². The first kappa shape index (κ1) is 10.0. The number of hydrogen-bond acceptors (Lipinski definition) is 3. The number of phenolic OH excluding ortho intramolecular Hbond substituents is 1. The number of carbonyl (C=O) groups excluding carboxylic acids is 1. The molecular weight excluding hydrogens is 190 g/mol. The van der Waals surface area contributed by atoms with Gasteiger partial charge < -0.3 is 14.8 Å². The van der Waals surface area contributed by atoms with Crippen LogP contribution in [0.5, 0.6) is 5.75 Å². The van der Waals surface area contributed by atoms with Crippen LogP contribution < -0.4 is 4.90 Å². The molecule has 1 N–H and O–H groups in total. The van der Waals surface area contributed by atoms with Gasteiger partial charge >= 0.3 is 0 Å². The predicted octanol–water partition coefficient (Wildman–Crippen LogP) is 1.90. The summed E-state index contributed by atoms with van der Waals surface area (Å²) < 4.78 is 0. The molecule has 15 heavy (non-hydrogen) atoms. The molecule has 0 bridgehead atoms. The lowest BCUT2D eigenvalue weighted by Gasteiger charge is -2.11. The number of Topliss-reactive ketones (excluding diaryl/α,β-unsaturated/α-hetero) is 1. The van der Waals surface area contributed by atoms with Crippen LogP contribution >= 0.6 is 0 Å². The molecule has 1 aromatic carbocycles. The van der Waals surface area contributed by atoms with Crippen LogP contribution in [0.1, 0.15) is 24.8 Å². The van der Waals surface area contributed by atoms with Crippen LogP contribution in [0, 0.1) is 0 Å². The van der Waals surface area contributed by atoms with Crippen molar-refractivity contribution in [3.05, 3.63) is 23.8 Å². The first-order chi connectivity index (χ1) is 7.08. The van der Waals surface area contributed by atoms with Gasteiger partial charge in [0.05, 0.1) is 0 Å². The summed E-state index contributed by atoms with van der Waals surface area (Å²) in [5, 5.41) is 9.43. The molecule has 0 spiro atoms. The molecule has 0 aromatic heterocycles. The molecule has 0 fully saturated rings. The number of benzene rings is 1. The Labute approximate surface area is 89.3 Å². The van der Waals surface area contributed by atoms with E-state index in [0.29, 0.717) is 6.42 Å². The van der Waals surface area contributed by atoms with Crippen molar-refractivity contribution in [1.29, 1.82) is 0 Å². The van der Waals surface area contributed by atoms with Gasteiger partial charge in [-0.1, -0.05) is 0 Å². The number of phenols is 1. The molecule has 1 atom stereocenters. The lowest BCUT2D eigenvalue weighted by Crippen LogP contribution is -2.16. The third-order valence-electron chi connectivity index (χ3n) is 2.89. The summed E-state index contributed by atoms with van der Waals surface area (Å²) in [7, 11) is 2.01. The second-order valence-corrected chi connectivity index (χ2v) is 4.23. The average molecular weight is 205 g/mol. The maximum absolute atomic E-state index is 11.1. The van der Waals surface area contributed by atoms with Gasteiger partial charge in [0.15, 0.2) is 0 Å². The third-order valence-corrected chi connectivity index (χ3v) is 2.89. The van der Waals surface area contributed by atoms with Gasteiger partial charge in [-0.25, -0.2) is 0 Å². The van der Waals surface area contributed by atoms with Gasteiger partial charge in [-0.3, -0.25) is 0 Å². The molecule has 1 aromatic rings. The minimum atomic E-state index is 0.199. The summed E-state index contributed by atoms with van der Waals surface area (Å²) in [5.41, 5.74) is 2.21. The number of aromatic hydroxyl groups is 1. The van der Waals surface area contributed by atoms with E-state index in [9.17, 15) is 9.90 Å². The van der Waals surface area contributed by atoms with Gasteiger partial charge in [-0.15, -0.1) is 0 Å². The van der Waals surface area contributed by atoms with E-state index in [0.717, 1.165) is 17.8 Å². The van der Waals surface area contributed by atoms with Crippen LogP contribution in [-0.2, 0) is 4.79 Å². The quantitative estimate of drug-likeness (QED) is 0.801. The Bertz CT molecular complexity index is 401. The first-order valence-corrected chi connectivity index (χ1v) is 5.11. The zero-order valence-corrected chi connectivity index (χ0v) is 9.03. The molecule has 0 amide bonds. The highest BCUT2D eigenvalue weighted by molar-refractivity contribution is 5.78. The number of fused-ring (bicyclic) bond motifs is 1. The molecule has 1 heterocycles. The van der Waals surface area contributed by atoms with Crippen molar-refractivity contribution in [2.45, 2.75) is 19.3 Å². The molecule has 0 aliphatic carbocycles. The molecule has 0 saturated heterocycles. The number of carbonyl (C=O) groups is 1. The Balaban J connectivity index is 2.35. The van der Waals surface area contributed by atoms with Gasteiger partial charge in [-0.2, -0.15) is 0 Å². The fourth-order valence-corrected chi connectivity index (χ4v) is 2.27. The van der Waals surface area contributed by atoms with Gasteiger partial charge in [0.1, 0.15) is 11.5 Å². The summed E-state index contributed by atoms with van der Waals surface area (Å²) >= 11 is 0. The van der Waals surface area contributed by atoms with Crippen LogP contribution in [0.2, 0.25) is 0 Å². The largest absolute Gasteiger partial charge is 0.508 e. The summed E-state index contributed by atoms with van der Waals surface area (Å²) in [6, 6.07) is 5.36. The Morgan fingerprint density at radius 1 is 1.60 bits per heavy atom. The fraction of sp³-hybridized carbons (Fsp3) is 0.417. The highest BCUT2D eigenvalue weighted by Crippen LogP contribution is 2.38. The number of hydrogen-bond donors (Lipinski definition) is 1. The molecular formula is C12H15NO2. The Hall–Kier alpha value is -1.51. The second kappa shape index (κ2) is 3.57. The van der Waals surface area contributed by atoms with Crippen molar-refractivity contribution in [2.24, 2.45) is 0 Å². The van der Waals surface area contributed by atoms with Crippen molar-refractivity contribution < 1.29 is 9.90 Å². The van der Waals surface area contributed by atoms with Crippen LogP contribution in [0.25, 0.3) is 0 Å². The number of nitrogens with zero attached hydrogens (tertiary/aromatic N) is 1. The lowest BCUT2D eigenvalue weighted by molar-refractivity contribution is -0.117. The van der Waals surface area contributed by atoms with Crippen molar-refractivity contribution in [3.8, 4) is 5.75 Å². The molecule has 0 saturated carbocycles. The first-order valence-electron chi connectivity index (χ1n) is 5.11. The number of ketones is 1. The van der Waals surface area contributed by atoms with E-state index in [4.69, 9.17) is 0 Å². The molecule has 2 rings (SSSR count). The van der Waals surface area contributed by atoms with Gasteiger partial charge in [-0.05, 0) is 30.7 Å². The second-order valence-electron chi connectivity index (χ2n) is 4.23. The van der Waals surface area contributed by atoms with Crippen molar-refractivity contribution in [2.75, 3.05) is 18.5 Å². The smallest absolute Gasteiger partial charge is 0.130 e. The highest BCUT2D eigenvalue weighted by Gasteiger charge is 2.27. The van der Waals surface area contributed by atoms with E-state index in [1.807, 2.05) is 13.1 Å². The number of rotatable bonds is 2. The zero-order chi connectivity index (χ0) is 11.0. The minimum Gasteiger partial charge on any atom is -0.508 e. The normalized spacial score (nSPS) is 19.1. The van der Waals surface area contributed by atoms with E-state index in [1.165, 1.54) is 0 Å². The molecule has 1 unspecified atom stereocenters. The molecule has 1 aliphatic rings. The van der Waals surface area contributed by atoms with Gasteiger partial charge in [0.2, 0.25) is 0 Å². The van der Waals surface area contributed by atoms with Crippen LogP contribution in [-0.4, -0.2) is 24.5 Å². The summed E-state index contributed by atoms with van der Waals surface area (Å²) in [6.45, 7) is 2.47. The third kappa shape index (κ3) is 1.82. The van der Waals surface area contributed by atoms with Crippen molar-refractivity contribution in [1.82, 2.24) is 0 Å². The minimum absolute atomic E-state index is 0.199. The van der Waals surface area contributed by atoms with Crippen molar-refractivity contribution >= 4 is 11.5 Å². The van der Waals surface area contributed by atoms with Crippen LogP contribution in [0.3, 0.4) is 0 Å². The van der Waals surface area contributed by atoms with Crippen molar-refractivity contribution in [3.63, 3.8) is 0 Å². The summed E-state index contributed by atoms with van der Waals surface area (Å²) in [6.07, 6.45) is 0.556. The average Bonchev–Trinajstić information content (AvgIpc) is 2.42. The highest BCUT2D eigenvalue weighted by atomic mass is 16.3. The monoisotopic (exact) mass is 205 g/mol. The van der Waals surface area contributed by atoms with E-state index >= 15 is 0 Å². The molecule has 3 nitrogen and oxygen atoms in total. The predicted molar refractivity (Wildman–Crippen MR) is 59.4 cm³/mol. The van der Waals surface area contributed by atoms with Crippen LogP contribution in [0.15, 0.2) is 18.2 Å². The molecule has 80 valence electrons. The Kier molecular flexibility index (Phi) is 2.39. The molecule has 3 heteroatoms. The maximum atomic E-state index is 11.1. The lowest BCUT2D eigenvalue weighted by atomic mass is 9.96.